The van der Waals surface area contributed by atoms with Crippen LogP contribution in [-0.2, 0) is 7.05 Å². The molecular formula is C13H16N8OS. The fourth-order valence-electron chi connectivity index (χ4n) is 2.00. The van der Waals surface area contributed by atoms with Gasteiger partial charge in [-0.1, -0.05) is 17.8 Å². The van der Waals surface area contributed by atoms with Gasteiger partial charge >= 0.3 is 6.03 Å². The van der Waals surface area contributed by atoms with Gasteiger partial charge in [-0.25, -0.2) is 9.78 Å². The van der Waals surface area contributed by atoms with E-state index in [-0.39, 0.29) is 6.03 Å². The molecule has 2 aromatic heterocycles. The summed E-state index contributed by atoms with van der Waals surface area (Å²) in [6.07, 6.45) is 0. The molecule has 1 aromatic carbocycles. The summed E-state index contributed by atoms with van der Waals surface area (Å²) in [5.41, 5.74) is 2.03. The second-order valence-corrected chi connectivity index (χ2v) is 5.86. The summed E-state index contributed by atoms with van der Waals surface area (Å²) in [5.74, 6) is 1.45. The molecule has 0 saturated carbocycles. The van der Waals surface area contributed by atoms with Gasteiger partial charge in [0.05, 0.1) is 5.69 Å². The first-order valence-electron chi connectivity index (χ1n) is 6.98. The number of anilines is 1. The van der Waals surface area contributed by atoms with Crippen LogP contribution in [0.15, 0.2) is 23.4 Å². The standard InChI is InChI=1S/C13H16N8OS/c1-8-15-13(18-17-8)23-7-6-14-12(22)16-9-4-3-5-10-11(9)20-21(2)19-10/h3-5H,6-7H2,1-2H3,(H2,14,16,22)(H,15,17,18). The minimum Gasteiger partial charge on any atom is -0.337 e. The fourth-order valence-corrected chi connectivity index (χ4v) is 2.70. The predicted octanol–water partition coefficient (Wildman–Crippen LogP) is 1.31. The highest BCUT2D eigenvalue weighted by Gasteiger charge is 2.09. The number of hydrogen-bond donors (Lipinski definition) is 3. The number of thioether (sulfide) groups is 1. The number of hydrogen-bond acceptors (Lipinski definition) is 6. The molecule has 3 N–H and O–H groups in total. The van der Waals surface area contributed by atoms with Crippen molar-refractivity contribution in [1.29, 1.82) is 0 Å². The lowest BCUT2D eigenvalue weighted by atomic mass is 10.2. The number of urea groups is 1. The summed E-state index contributed by atoms with van der Waals surface area (Å²) in [7, 11) is 1.74. The highest BCUT2D eigenvalue weighted by atomic mass is 32.2. The summed E-state index contributed by atoms with van der Waals surface area (Å²) in [4.78, 5) is 17.6. The molecule has 0 atom stereocenters. The van der Waals surface area contributed by atoms with Crippen LogP contribution in [0, 0.1) is 6.92 Å². The lowest BCUT2D eigenvalue weighted by molar-refractivity contribution is 0.252. The molecule has 0 bridgehead atoms. The Balaban J connectivity index is 1.50. The molecule has 23 heavy (non-hydrogen) atoms. The average molecular weight is 332 g/mol. The Hall–Kier alpha value is -2.62. The van der Waals surface area contributed by atoms with E-state index in [0.717, 1.165) is 11.3 Å². The maximum atomic E-state index is 12.0. The first-order chi connectivity index (χ1) is 11.1. The number of benzene rings is 1. The molecule has 9 nitrogen and oxygen atoms in total. The third-order valence-electron chi connectivity index (χ3n) is 2.96. The molecule has 120 valence electrons. The zero-order valence-electron chi connectivity index (χ0n) is 12.7. The maximum Gasteiger partial charge on any atom is 0.319 e. The van der Waals surface area contributed by atoms with Gasteiger partial charge in [0.2, 0.25) is 5.16 Å². The minimum atomic E-state index is -0.282. The zero-order chi connectivity index (χ0) is 16.2. The van der Waals surface area contributed by atoms with Gasteiger partial charge in [0.25, 0.3) is 0 Å². The molecule has 0 fully saturated rings. The quantitative estimate of drug-likeness (QED) is 0.479. The van der Waals surface area contributed by atoms with E-state index in [9.17, 15) is 4.79 Å². The van der Waals surface area contributed by atoms with Crippen molar-refractivity contribution in [3.63, 3.8) is 0 Å². The average Bonchev–Trinajstić information content (AvgIpc) is 3.09. The van der Waals surface area contributed by atoms with Crippen LogP contribution >= 0.6 is 11.8 Å². The summed E-state index contributed by atoms with van der Waals surface area (Å²) in [6, 6.07) is 5.19. The number of aromatic nitrogens is 6. The van der Waals surface area contributed by atoms with E-state index in [1.54, 1.807) is 13.1 Å². The van der Waals surface area contributed by atoms with E-state index in [0.29, 0.717) is 28.7 Å². The second kappa shape index (κ2) is 6.65. The summed E-state index contributed by atoms with van der Waals surface area (Å²) in [5, 5.41) is 21.5. The molecule has 2 amide bonds. The van der Waals surface area contributed by atoms with Gasteiger partial charge in [0, 0.05) is 19.3 Å². The van der Waals surface area contributed by atoms with E-state index in [1.807, 2.05) is 19.1 Å². The normalized spacial score (nSPS) is 10.9. The van der Waals surface area contributed by atoms with Crippen molar-refractivity contribution in [3.8, 4) is 0 Å². The van der Waals surface area contributed by atoms with Crippen LogP contribution in [0.4, 0.5) is 10.5 Å². The lowest BCUT2D eigenvalue weighted by Gasteiger charge is -2.07. The van der Waals surface area contributed by atoms with Gasteiger partial charge in [-0.2, -0.15) is 15.0 Å². The van der Waals surface area contributed by atoms with E-state index >= 15 is 0 Å². The highest BCUT2D eigenvalue weighted by molar-refractivity contribution is 7.99. The highest BCUT2D eigenvalue weighted by Crippen LogP contribution is 2.19. The number of aryl methyl sites for hydroxylation is 2. The number of rotatable bonds is 5. The van der Waals surface area contributed by atoms with E-state index in [2.05, 4.69) is 36.0 Å². The molecule has 0 radical (unpaired) electrons. The predicted molar refractivity (Wildman–Crippen MR) is 87.4 cm³/mol. The van der Waals surface area contributed by atoms with E-state index in [4.69, 9.17) is 0 Å². The molecule has 0 aliphatic carbocycles. The molecule has 3 rings (SSSR count). The second-order valence-electron chi connectivity index (χ2n) is 4.80. The van der Waals surface area contributed by atoms with Crippen LogP contribution in [0.25, 0.3) is 11.0 Å². The number of nitrogens with zero attached hydrogens (tertiary/aromatic N) is 5. The van der Waals surface area contributed by atoms with Gasteiger partial charge in [0.15, 0.2) is 0 Å². The Labute approximate surface area is 136 Å². The van der Waals surface area contributed by atoms with Crippen LogP contribution in [0.3, 0.4) is 0 Å². The topological polar surface area (TPSA) is 113 Å². The lowest BCUT2D eigenvalue weighted by Crippen LogP contribution is -2.30. The molecule has 0 aliphatic rings. The van der Waals surface area contributed by atoms with Crippen LogP contribution in [-0.4, -0.2) is 48.5 Å². The monoisotopic (exact) mass is 332 g/mol. The van der Waals surface area contributed by atoms with Crippen molar-refractivity contribution in [3.05, 3.63) is 24.0 Å². The number of carbonyl (C=O) groups is 1. The van der Waals surface area contributed by atoms with Crippen LogP contribution in [0.1, 0.15) is 5.82 Å². The third-order valence-corrected chi connectivity index (χ3v) is 3.80. The van der Waals surface area contributed by atoms with Crippen LogP contribution in [0.5, 0.6) is 0 Å². The Morgan fingerprint density at radius 1 is 1.39 bits per heavy atom. The summed E-state index contributed by atoms with van der Waals surface area (Å²) in [6.45, 7) is 2.34. The van der Waals surface area contributed by atoms with Gasteiger partial charge in [-0.05, 0) is 19.1 Å². The molecule has 0 saturated heterocycles. The molecule has 3 aromatic rings. The molecule has 0 spiro atoms. The first-order valence-corrected chi connectivity index (χ1v) is 7.97. The van der Waals surface area contributed by atoms with Crippen molar-refractivity contribution in [1.82, 2.24) is 35.5 Å². The Morgan fingerprint density at radius 3 is 3.04 bits per heavy atom. The summed E-state index contributed by atoms with van der Waals surface area (Å²) >= 11 is 1.47. The molecule has 10 heteroatoms. The minimum absolute atomic E-state index is 0.282. The van der Waals surface area contributed by atoms with E-state index < -0.39 is 0 Å². The van der Waals surface area contributed by atoms with Gasteiger partial charge in [-0.3, -0.25) is 5.10 Å². The van der Waals surface area contributed by atoms with Gasteiger partial charge in [0.1, 0.15) is 16.9 Å². The van der Waals surface area contributed by atoms with Crippen molar-refractivity contribution < 1.29 is 4.79 Å². The van der Waals surface area contributed by atoms with Crippen molar-refractivity contribution in [2.75, 3.05) is 17.6 Å². The van der Waals surface area contributed by atoms with Gasteiger partial charge < -0.3 is 10.6 Å². The smallest absolute Gasteiger partial charge is 0.319 e. The summed E-state index contributed by atoms with van der Waals surface area (Å²) < 4.78 is 0. The number of carbonyl (C=O) groups excluding carboxylic acids is 1. The Kier molecular flexibility index (Phi) is 4.42. The Bertz CT molecular complexity index is 826. The molecular weight excluding hydrogens is 316 g/mol. The van der Waals surface area contributed by atoms with Gasteiger partial charge in [-0.15, -0.1) is 5.10 Å². The molecule has 0 unspecified atom stereocenters. The van der Waals surface area contributed by atoms with Crippen molar-refractivity contribution in [2.45, 2.75) is 12.1 Å². The van der Waals surface area contributed by atoms with E-state index in [1.165, 1.54) is 16.6 Å². The fraction of sp³-hybridized carbons (Fsp3) is 0.308. The SMILES string of the molecule is Cc1nc(SCCNC(=O)Nc2cccc3nn(C)nc23)n[nH]1. The van der Waals surface area contributed by atoms with Crippen LogP contribution < -0.4 is 10.6 Å². The number of nitrogens with one attached hydrogen (secondary N) is 3. The molecule has 0 aliphatic heterocycles. The number of aromatic amines is 1. The van der Waals surface area contributed by atoms with Crippen LogP contribution in [0.2, 0.25) is 0 Å². The van der Waals surface area contributed by atoms with Crippen molar-refractivity contribution in [2.24, 2.45) is 7.05 Å². The molecule has 2 heterocycles. The Morgan fingerprint density at radius 2 is 2.26 bits per heavy atom. The first kappa shape index (κ1) is 15.3. The number of amides is 2. The largest absolute Gasteiger partial charge is 0.337 e. The third kappa shape index (κ3) is 3.77. The number of fused-ring (bicyclic) bond motifs is 1. The maximum absolute atomic E-state index is 12.0. The van der Waals surface area contributed by atoms with Crippen molar-refractivity contribution >= 4 is 34.5 Å². The zero-order valence-corrected chi connectivity index (χ0v) is 13.5. The number of H-pyrrole nitrogens is 1.